The second-order valence-corrected chi connectivity index (χ2v) is 7.12. The zero-order valence-electron chi connectivity index (χ0n) is 15.2. The van der Waals surface area contributed by atoms with Gasteiger partial charge in [-0.2, -0.15) is 0 Å². The van der Waals surface area contributed by atoms with Crippen LogP contribution >= 0.6 is 11.3 Å². The first-order valence-electron chi connectivity index (χ1n) is 8.88. The Bertz CT molecular complexity index is 926. The summed E-state index contributed by atoms with van der Waals surface area (Å²) in [5.41, 5.74) is 2.50. The van der Waals surface area contributed by atoms with Crippen LogP contribution in [0.5, 0.6) is 0 Å². The largest absolute Gasteiger partial charge is 0.355 e. The number of thiazole rings is 1. The Balaban J connectivity index is 1.41. The molecule has 2 N–H and O–H groups in total. The number of carbonyl (C=O) groups excluding carboxylic acids is 2. The minimum atomic E-state index is -0.275. The molecule has 0 unspecified atom stereocenters. The van der Waals surface area contributed by atoms with Crippen LogP contribution in [0.4, 0.5) is 9.52 Å². The fraction of sp³-hybridized carbons (Fsp3) is 0.190. The van der Waals surface area contributed by atoms with Crippen LogP contribution in [0.3, 0.4) is 0 Å². The molecule has 3 aromatic rings. The molecule has 0 saturated heterocycles. The molecule has 0 saturated carbocycles. The van der Waals surface area contributed by atoms with Crippen molar-refractivity contribution in [2.45, 2.75) is 19.3 Å². The molecule has 2 amide bonds. The van der Waals surface area contributed by atoms with Crippen LogP contribution in [0.1, 0.15) is 16.8 Å². The molecule has 0 aliphatic carbocycles. The first-order valence-corrected chi connectivity index (χ1v) is 9.76. The van der Waals surface area contributed by atoms with E-state index in [1.54, 1.807) is 17.5 Å². The molecule has 0 fully saturated rings. The van der Waals surface area contributed by atoms with Crippen molar-refractivity contribution in [1.82, 2.24) is 10.3 Å². The number of nitrogens with zero attached hydrogens (tertiary/aromatic N) is 1. The molecule has 0 aliphatic rings. The maximum absolute atomic E-state index is 12.9. The van der Waals surface area contributed by atoms with Gasteiger partial charge in [-0.3, -0.25) is 9.59 Å². The van der Waals surface area contributed by atoms with Crippen molar-refractivity contribution in [3.8, 4) is 0 Å². The third kappa shape index (κ3) is 6.28. The Hall–Kier alpha value is -3.06. The van der Waals surface area contributed by atoms with Crippen molar-refractivity contribution < 1.29 is 14.0 Å². The monoisotopic (exact) mass is 397 g/mol. The average molecular weight is 397 g/mol. The first-order chi connectivity index (χ1) is 13.6. The Morgan fingerprint density at radius 1 is 0.929 bits per heavy atom. The predicted molar refractivity (Wildman–Crippen MR) is 108 cm³/mol. The highest BCUT2D eigenvalue weighted by atomic mass is 32.1. The van der Waals surface area contributed by atoms with E-state index in [-0.39, 0.29) is 30.5 Å². The topological polar surface area (TPSA) is 71.1 Å². The molecule has 0 bridgehead atoms. The number of amides is 2. The summed E-state index contributed by atoms with van der Waals surface area (Å²) in [5, 5.41) is 7.82. The number of rotatable bonds is 8. The molecule has 0 spiro atoms. The van der Waals surface area contributed by atoms with Crippen LogP contribution in [-0.2, 0) is 28.9 Å². The van der Waals surface area contributed by atoms with E-state index in [1.807, 2.05) is 30.3 Å². The molecule has 5 nitrogen and oxygen atoms in total. The van der Waals surface area contributed by atoms with Gasteiger partial charge in [0, 0.05) is 11.9 Å². The molecule has 144 valence electrons. The molecule has 0 atom stereocenters. The number of anilines is 1. The minimum absolute atomic E-state index is 0.143. The fourth-order valence-electron chi connectivity index (χ4n) is 2.61. The van der Waals surface area contributed by atoms with E-state index >= 15 is 0 Å². The van der Waals surface area contributed by atoms with Crippen LogP contribution in [0.15, 0.2) is 60.0 Å². The molecule has 3 rings (SSSR count). The highest BCUT2D eigenvalue weighted by molar-refractivity contribution is 7.13. The van der Waals surface area contributed by atoms with Gasteiger partial charge in [-0.05, 0) is 29.7 Å². The van der Waals surface area contributed by atoms with Gasteiger partial charge in [-0.15, -0.1) is 11.3 Å². The van der Waals surface area contributed by atoms with Crippen LogP contribution in [-0.4, -0.2) is 23.3 Å². The fourth-order valence-corrected chi connectivity index (χ4v) is 3.34. The van der Waals surface area contributed by atoms with Crippen molar-refractivity contribution in [3.05, 3.63) is 82.6 Å². The van der Waals surface area contributed by atoms with Gasteiger partial charge in [0.2, 0.25) is 11.8 Å². The maximum atomic E-state index is 12.9. The van der Waals surface area contributed by atoms with Crippen molar-refractivity contribution in [3.63, 3.8) is 0 Å². The summed E-state index contributed by atoms with van der Waals surface area (Å²) < 4.78 is 12.9. The zero-order valence-corrected chi connectivity index (χ0v) is 16.0. The smallest absolute Gasteiger partial charge is 0.230 e. The number of hydrogen-bond donors (Lipinski definition) is 2. The van der Waals surface area contributed by atoms with Gasteiger partial charge in [-0.1, -0.05) is 42.5 Å². The van der Waals surface area contributed by atoms with Crippen LogP contribution in [0.25, 0.3) is 0 Å². The van der Waals surface area contributed by atoms with Crippen LogP contribution in [0.2, 0.25) is 0 Å². The molecule has 28 heavy (non-hydrogen) atoms. The number of hydrogen-bond acceptors (Lipinski definition) is 4. The Labute approximate surface area is 166 Å². The molecular formula is C21H20FN3O2S. The van der Waals surface area contributed by atoms with E-state index in [0.717, 1.165) is 11.1 Å². The number of nitrogens with one attached hydrogen (secondary N) is 2. The van der Waals surface area contributed by atoms with Gasteiger partial charge in [0.15, 0.2) is 5.13 Å². The van der Waals surface area contributed by atoms with E-state index in [4.69, 9.17) is 0 Å². The zero-order chi connectivity index (χ0) is 19.8. The molecule has 7 heteroatoms. The van der Waals surface area contributed by atoms with E-state index in [2.05, 4.69) is 15.6 Å². The average Bonchev–Trinajstić information content (AvgIpc) is 3.10. The van der Waals surface area contributed by atoms with E-state index in [9.17, 15) is 14.0 Å². The molecule has 1 heterocycles. The molecule has 1 aromatic heterocycles. The van der Waals surface area contributed by atoms with Gasteiger partial charge in [0.05, 0.1) is 18.5 Å². The van der Waals surface area contributed by atoms with Gasteiger partial charge in [0.1, 0.15) is 5.82 Å². The molecule has 0 radical (unpaired) electrons. The predicted octanol–water partition coefficient (Wildman–Crippen LogP) is 3.36. The number of carbonyl (C=O) groups is 2. The normalized spacial score (nSPS) is 10.5. The Morgan fingerprint density at radius 2 is 1.68 bits per heavy atom. The van der Waals surface area contributed by atoms with E-state index in [0.29, 0.717) is 23.8 Å². The van der Waals surface area contributed by atoms with Gasteiger partial charge >= 0.3 is 0 Å². The van der Waals surface area contributed by atoms with E-state index in [1.165, 1.54) is 23.5 Å². The lowest BCUT2D eigenvalue weighted by molar-refractivity contribution is -0.120. The summed E-state index contributed by atoms with van der Waals surface area (Å²) in [7, 11) is 0. The summed E-state index contributed by atoms with van der Waals surface area (Å²) in [6, 6.07) is 15.7. The van der Waals surface area contributed by atoms with Crippen molar-refractivity contribution >= 4 is 28.3 Å². The number of benzene rings is 2. The highest BCUT2D eigenvalue weighted by Crippen LogP contribution is 2.16. The molecule has 2 aromatic carbocycles. The van der Waals surface area contributed by atoms with Crippen LogP contribution < -0.4 is 10.6 Å². The summed E-state index contributed by atoms with van der Waals surface area (Å²) in [5.74, 6) is -0.562. The number of halogens is 1. The van der Waals surface area contributed by atoms with Crippen LogP contribution in [0, 0.1) is 5.82 Å². The second-order valence-electron chi connectivity index (χ2n) is 6.26. The minimum Gasteiger partial charge on any atom is -0.355 e. The lowest BCUT2D eigenvalue weighted by Crippen LogP contribution is -2.27. The third-order valence-corrected chi connectivity index (χ3v) is 4.80. The third-order valence-electron chi connectivity index (χ3n) is 4.00. The van der Waals surface area contributed by atoms with Gasteiger partial charge < -0.3 is 10.6 Å². The summed E-state index contributed by atoms with van der Waals surface area (Å²) in [4.78, 5) is 28.4. The van der Waals surface area contributed by atoms with Crippen molar-refractivity contribution in [2.24, 2.45) is 0 Å². The lowest BCUT2D eigenvalue weighted by Gasteiger charge is -2.04. The highest BCUT2D eigenvalue weighted by Gasteiger charge is 2.10. The summed E-state index contributed by atoms with van der Waals surface area (Å²) >= 11 is 1.29. The van der Waals surface area contributed by atoms with E-state index < -0.39 is 0 Å². The quantitative estimate of drug-likeness (QED) is 0.612. The lowest BCUT2D eigenvalue weighted by atomic mass is 10.1. The Morgan fingerprint density at radius 3 is 2.43 bits per heavy atom. The van der Waals surface area contributed by atoms with Gasteiger partial charge in [0.25, 0.3) is 0 Å². The summed E-state index contributed by atoms with van der Waals surface area (Å²) in [6.45, 7) is 0.468. The summed E-state index contributed by atoms with van der Waals surface area (Å²) in [6.07, 6.45) is 1.05. The Kier molecular flexibility index (Phi) is 6.86. The maximum Gasteiger partial charge on any atom is 0.230 e. The first kappa shape index (κ1) is 19.7. The van der Waals surface area contributed by atoms with Gasteiger partial charge in [-0.25, -0.2) is 9.37 Å². The van der Waals surface area contributed by atoms with Crippen molar-refractivity contribution in [1.29, 1.82) is 0 Å². The molecule has 0 aliphatic heterocycles. The second kappa shape index (κ2) is 9.75. The number of aromatic nitrogens is 1. The standard InChI is InChI=1S/C21H20FN3O2S/c22-17-8-6-15(7-9-17)10-11-23-19(26)13-18-14-28-21(24-18)25-20(27)12-16-4-2-1-3-5-16/h1-9,14H,10-13H2,(H,23,26)(H,24,25,27). The molecular weight excluding hydrogens is 377 g/mol. The SMILES string of the molecule is O=C(Cc1csc(NC(=O)Cc2ccccc2)n1)NCCc1ccc(F)cc1. The van der Waals surface area contributed by atoms with Crippen molar-refractivity contribution in [2.75, 3.05) is 11.9 Å².